The van der Waals surface area contributed by atoms with E-state index in [1.54, 1.807) is 0 Å². The number of nitrogens with one attached hydrogen (secondary N) is 1. The molecule has 2 aromatic rings. The van der Waals surface area contributed by atoms with Gasteiger partial charge in [0, 0.05) is 11.1 Å². The van der Waals surface area contributed by atoms with Crippen molar-refractivity contribution in [2.45, 2.75) is 44.2 Å². The van der Waals surface area contributed by atoms with Crippen LogP contribution in [0, 0.1) is 0 Å². The number of ketones is 1. The Morgan fingerprint density at radius 3 is 2.18 bits per heavy atom. The number of hydrogen-bond acceptors (Lipinski definition) is 2. The molecule has 0 aliphatic heterocycles. The largest absolute Gasteiger partial charge is 0.302 e. The zero-order valence-electron chi connectivity index (χ0n) is 13.1. The van der Waals surface area contributed by atoms with Gasteiger partial charge in [-0.3, -0.25) is 4.79 Å². The Kier molecular flexibility index (Phi) is 4.39. The van der Waals surface area contributed by atoms with Crippen LogP contribution in [0.4, 0.5) is 0 Å². The van der Waals surface area contributed by atoms with Gasteiger partial charge in [0.2, 0.25) is 0 Å². The predicted molar refractivity (Wildman–Crippen MR) is 90.1 cm³/mol. The fraction of sp³-hybridized carbons (Fsp3) is 0.350. The Balaban J connectivity index is 1.80. The van der Waals surface area contributed by atoms with Gasteiger partial charge in [-0.15, -0.1) is 0 Å². The number of benzene rings is 2. The van der Waals surface area contributed by atoms with E-state index in [9.17, 15) is 4.79 Å². The van der Waals surface area contributed by atoms with Crippen molar-refractivity contribution in [3.05, 3.63) is 71.8 Å². The molecule has 1 N–H and O–H groups in total. The summed E-state index contributed by atoms with van der Waals surface area (Å²) < 4.78 is 0. The van der Waals surface area contributed by atoms with Gasteiger partial charge in [0.25, 0.3) is 0 Å². The third kappa shape index (κ3) is 3.45. The van der Waals surface area contributed by atoms with E-state index < -0.39 is 0 Å². The van der Waals surface area contributed by atoms with Gasteiger partial charge in [0.05, 0.1) is 6.04 Å². The first-order valence-electron chi connectivity index (χ1n) is 8.07. The summed E-state index contributed by atoms with van der Waals surface area (Å²) in [5, 5.41) is 3.63. The van der Waals surface area contributed by atoms with Crippen LogP contribution in [0.15, 0.2) is 60.7 Å². The van der Waals surface area contributed by atoms with E-state index in [1.165, 1.54) is 12.0 Å². The molecule has 1 fully saturated rings. The van der Waals surface area contributed by atoms with Crippen LogP contribution in [0.3, 0.4) is 0 Å². The van der Waals surface area contributed by atoms with E-state index in [-0.39, 0.29) is 17.4 Å². The summed E-state index contributed by atoms with van der Waals surface area (Å²) in [6.07, 6.45) is 4.30. The lowest BCUT2D eigenvalue weighted by Crippen LogP contribution is -2.55. The average molecular weight is 293 g/mol. The normalized spacial score (nSPS) is 17.5. The van der Waals surface area contributed by atoms with Crippen LogP contribution in [0.2, 0.25) is 0 Å². The Bertz CT molecular complexity index is 617. The highest BCUT2D eigenvalue weighted by Gasteiger charge is 2.35. The van der Waals surface area contributed by atoms with Crippen LogP contribution in [-0.2, 0) is 6.42 Å². The molecule has 22 heavy (non-hydrogen) atoms. The number of hydrogen-bond donors (Lipinski definition) is 1. The molecule has 2 heteroatoms. The van der Waals surface area contributed by atoms with E-state index in [0.717, 1.165) is 24.8 Å². The smallest absolute Gasteiger partial charge is 0.180 e. The molecule has 0 aromatic heterocycles. The van der Waals surface area contributed by atoms with Crippen molar-refractivity contribution in [3.63, 3.8) is 0 Å². The molecule has 1 aliphatic rings. The minimum absolute atomic E-state index is 0.115. The fourth-order valence-corrected chi connectivity index (χ4v) is 3.13. The Morgan fingerprint density at radius 1 is 1.05 bits per heavy atom. The molecule has 1 unspecified atom stereocenters. The van der Waals surface area contributed by atoms with Gasteiger partial charge < -0.3 is 5.32 Å². The van der Waals surface area contributed by atoms with Crippen LogP contribution >= 0.6 is 0 Å². The lowest BCUT2D eigenvalue weighted by molar-refractivity contribution is 0.0885. The zero-order chi connectivity index (χ0) is 15.4. The molecular formula is C20H23NO. The second-order valence-electron chi connectivity index (χ2n) is 6.53. The molecule has 3 rings (SSSR count). The van der Waals surface area contributed by atoms with Crippen LogP contribution in [-0.4, -0.2) is 17.4 Å². The Morgan fingerprint density at radius 2 is 1.64 bits per heavy atom. The van der Waals surface area contributed by atoms with Crippen molar-refractivity contribution in [2.24, 2.45) is 0 Å². The molecule has 0 spiro atoms. The monoisotopic (exact) mass is 293 g/mol. The van der Waals surface area contributed by atoms with Crippen LogP contribution in [0.25, 0.3) is 0 Å². The van der Waals surface area contributed by atoms with Crippen LogP contribution in [0.1, 0.15) is 42.1 Å². The van der Waals surface area contributed by atoms with Gasteiger partial charge in [-0.2, -0.15) is 0 Å². The Labute approximate surface area is 132 Å². The van der Waals surface area contributed by atoms with Crippen molar-refractivity contribution < 1.29 is 4.79 Å². The van der Waals surface area contributed by atoms with Gasteiger partial charge in [0.1, 0.15) is 0 Å². The maximum atomic E-state index is 12.9. The second-order valence-corrected chi connectivity index (χ2v) is 6.53. The standard InChI is InChI=1S/C20H23NO/c1-20(13-8-14-20)21-18(15-16-9-4-2-5-10-16)19(22)17-11-6-3-7-12-17/h2-7,9-12,18,21H,8,13-15H2,1H3. The maximum Gasteiger partial charge on any atom is 0.180 e. The highest BCUT2D eigenvalue weighted by Crippen LogP contribution is 2.32. The molecule has 0 amide bonds. The van der Waals surface area contributed by atoms with Gasteiger partial charge in [-0.25, -0.2) is 0 Å². The number of carbonyl (C=O) groups excluding carboxylic acids is 1. The van der Waals surface area contributed by atoms with Gasteiger partial charge in [-0.1, -0.05) is 60.7 Å². The lowest BCUT2D eigenvalue weighted by Gasteiger charge is -2.42. The van der Waals surface area contributed by atoms with Crippen LogP contribution < -0.4 is 5.32 Å². The topological polar surface area (TPSA) is 29.1 Å². The zero-order valence-corrected chi connectivity index (χ0v) is 13.1. The molecule has 1 atom stereocenters. The van der Waals surface area contributed by atoms with Crippen molar-refractivity contribution in [3.8, 4) is 0 Å². The molecule has 1 aliphatic carbocycles. The summed E-state index contributed by atoms with van der Waals surface area (Å²) in [6, 6.07) is 19.7. The summed E-state index contributed by atoms with van der Waals surface area (Å²) in [5.41, 5.74) is 2.11. The van der Waals surface area contributed by atoms with Gasteiger partial charge >= 0.3 is 0 Å². The van der Waals surface area contributed by atoms with Crippen LogP contribution in [0.5, 0.6) is 0 Å². The summed E-state index contributed by atoms with van der Waals surface area (Å²) in [6.45, 7) is 2.23. The SMILES string of the molecule is CC1(NC(Cc2ccccc2)C(=O)c2ccccc2)CCC1. The molecule has 1 saturated carbocycles. The second kappa shape index (κ2) is 6.45. The first kappa shape index (κ1) is 15.0. The third-order valence-electron chi connectivity index (χ3n) is 4.64. The van der Waals surface area contributed by atoms with Gasteiger partial charge in [-0.05, 0) is 38.2 Å². The number of carbonyl (C=O) groups is 1. The van der Waals surface area contributed by atoms with Crippen molar-refractivity contribution >= 4 is 5.78 Å². The fourth-order valence-electron chi connectivity index (χ4n) is 3.13. The minimum Gasteiger partial charge on any atom is -0.302 e. The van der Waals surface area contributed by atoms with Crippen molar-refractivity contribution in [1.82, 2.24) is 5.32 Å². The molecule has 0 radical (unpaired) electrons. The quantitative estimate of drug-likeness (QED) is 0.815. The van der Waals surface area contributed by atoms with E-state index >= 15 is 0 Å². The number of Topliss-reactive ketones (excluding diaryl/α,β-unsaturated/α-hetero) is 1. The molecule has 0 bridgehead atoms. The molecule has 2 aromatic carbocycles. The lowest BCUT2D eigenvalue weighted by atomic mass is 9.77. The molecule has 0 heterocycles. The minimum atomic E-state index is -0.157. The molecular weight excluding hydrogens is 270 g/mol. The first-order valence-corrected chi connectivity index (χ1v) is 8.07. The Hall–Kier alpha value is -1.93. The molecule has 0 saturated heterocycles. The maximum absolute atomic E-state index is 12.9. The summed E-state index contributed by atoms with van der Waals surface area (Å²) in [4.78, 5) is 12.9. The first-order chi connectivity index (χ1) is 10.7. The van der Waals surface area contributed by atoms with E-state index in [1.807, 2.05) is 48.5 Å². The third-order valence-corrected chi connectivity index (χ3v) is 4.64. The summed E-state index contributed by atoms with van der Waals surface area (Å²) in [7, 11) is 0. The highest BCUT2D eigenvalue weighted by atomic mass is 16.1. The average Bonchev–Trinajstić information content (AvgIpc) is 2.54. The summed E-state index contributed by atoms with van der Waals surface area (Å²) in [5.74, 6) is 0.192. The van der Waals surface area contributed by atoms with Gasteiger partial charge in [0.15, 0.2) is 5.78 Å². The van der Waals surface area contributed by atoms with E-state index in [2.05, 4.69) is 24.4 Å². The predicted octanol–water partition coefficient (Wildman–Crippen LogP) is 4.01. The van der Waals surface area contributed by atoms with E-state index in [0.29, 0.717) is 0 Å². The summed E-state index contributed by atoms with van der Waals surface area (Å²) >= 11 is 0. The number of rotatable bonds is 6. The van der Waals surface area contributed by atoms with Crippen molar-refractivity contribution in [2.75, 3.05) is 0 Å². The van der Waals surface area contributed by atoms with Crippen molar-refractivity contribution in [1.29, 1.82) is 0 Å². The molecule has 114 valence electrons. The highest BCUT2D eigenvalue weighted by molar-refractivity contribution is 6.00. The molecule has 2 nitrogen and oxygen atoms in total. The van der Waals surface area contributed by atoms with E-state index in [4.69, 9.17) is 0 Å².